The van der Waals surface area contributed by atoms with E-state index in [1.54, 1.807) is 18.2 Å². The summed E-state index contributed by atoms with van der Waals surface area (Å²) in [6, 6.07) is 5.21. The van der Waals surface area contributed by atoms with Crippen LogP contribution in [0.1, 0.15) is 31.3 Å². The first-order valence-electron chi connectivity index (χ1n) is 6.41. The largest absolute Gasteiger partial charge is 0.458 e. The lowest BCUT2D eigenvalue weighted by molar-refractivity contribution is -0.0282. The maximum atomic E-state index is 12.0. The molecule has 2 aromatic rings. The van der Waals surface area contributed by atoms with Crippen molar-refractivity contribution in [3.63, 3.8) is 0 Å². The van der Waals surface area contributed by atoms with E-state index in [4.69, 9.17) is 15.2 Å². The van der Waals surface area contributed by atoms with E-state index < -0.39 is 5.97 Å². The molecule has 0 fully saturated rings. The first-order chi connectivity index (χ1) is 9.37. The standard InChI is InChI=1S/C14H19N3O3/c1-14(2,3)20-7-6-19-13(18)12-10-8-9(15)4-5-11(10)16-17-12/h4-5,8H,6-7,15H2,1-3H3,(H,16,17). The minimum absolute atomic E-state index is 0.187. The topological polar surface area (TPSA) is 90.2 Å². The molecule has 0 bridgehead atoms. The molecule has 0 radical (unpaired) electrons. The van der Waals surface area contributed by atoms with Gasteiger partial charge in [-0.2, -0.15) is 5.10 Å². The highest BCUT2D eigenvalue weighted by molar-refractivity contribution is 6.02. The average molecular weight is 277 g/mol. The molecule has 1 heterocycles. The van der Waals surface area contributed by atoms with Gasteiger partial charge in [0.2, 0.25) is 0 Å². The molecule has 0 unspecified atom stereocenters. The van der Waals surface area contributed by atoms with Crippen molar-refractivity contribution in [3.05, 3.63) is 23.9 Å². The van der Waals surface area contributed by atoms with Crippen LogP contribution in [0.2, 0.25) is 0 Å². The fraction of sp³-hybridized carbons (Fsp3) is 0.429. The number of nitrogens with two attached hydrogens (primary N) is 1. The maximum Gasteiger partial charge on any atom is 0.359 e. The second kappa shape index (κ2) is 5.50. The highest BCUT2D eigenvalue weighted by Gasteiger charge is 2.16. The van der Waals surface area contributed by atoms with Crippen molar-refractivity contribution in [1.29, 1.82) is 0 Å². The number of H-pyrrole nitrogens is 1. The minimum Gasteiger partial charge on any atom is -0.458 e. The van der Waals surface area contributed by atoms with Gasteiger partial charge >= 0.3 is 5.97 Å². The maximum absolute atomic E-state index is 12.0. The van der Waals surface area contributed by atoms with Crippen LogP contribution >= 0.6 is 0 Å². The van der Waals surface area contributed by atoms with Gasteiger partial charge in [-0.25, -0.2) is 4.79 Å². The summed E-state index contributed by atoms with van der Waals surface area (Å²) < 4.78 is 10.6. The third-order valence-corrected chi connectivity index (χ3v) is 2.63. The first-order valence-corrected chi connectivity index (χ1v) is 6.41. The van der Waals surface area contributed by atoms with Crippen LogP contribution in [0.5, 0.6) is 0 Å². The van der Waals surface area contributed by atoms with Crippen molar-refractivity contribution in [2.24, 2.45) is 0 Å². The molecular formula is C14H19N3O3. The van der Waals surface area contributed by atoms with Crippen molar-refractivity contribution >= 4 is 22.6 Å². The smallest absolute Gasteiger partial charge is 0.359 e. The van der Waals surface area contributed by atoms with Crippen molar-refractivity contribution in [2.75, 3.05) is 18.9 Å². The van der Waals surface area contributed by atoms with Gasteiger partial charge in [0.05, 0.1) is 17.7 Å². The van der Waals surface area contributed by atoms with Crippen molar-refractivity contribution < 1.29 is 14.3 Å². The predicted octanol–water partition coefficient (Wildman–Crippen LogP) is 2.12. The Morgan fingerprint density at radius 2 is 2.10 bits per heavy atom. The molecule has 1 aromatic carbocycles. The summed E-state index contributed by atoms with van der Waals surface area (Å²) in [6.07, 6.45) is 0. The number of fused-ring (bicyclic) bond motifs is 1. The molecule has 0 spiro atoms. The molecule has 0 aliphatic heterocycles. The summed E-state index contributed by atoms with van der Waals surface area (Å²) in [5.41, 5.74) is 7.02. The lowest BCUT2D eigenvalue weighted by Gasteiger charge is -2.19. The number of nitrogen functional groups attached to an aromatic ring is 1. The molecule has 0 aliphatic carbocycles. The Labute approximate surface area is 117 Å². The van der Waals surface area contributed by atoms with Gasteiger partial charge in [-0.3, -0.25) is 5.10 Å². The van der Waals surface area contributed by atoms with Crippen LogP contribution in [0.4, 0.5) is 5.69 Å². The third-order valence-electron chi connectivity index (χ3n) is 2.63. The van der Waals surface area contributed by atoms with Crippen LogP contribution in [-0.2, 0) is 9.47 Å². The molecular weight excluding hydrogens is 258 g/mol. The zero-order chi connectivity index (χ0) is 14.8. The number of carbonyl (C=O) groups excluding carboxylic acids is 1. The minimum atomic E-state index is -0.487. The van der Waals surface area contributed by atoms with E-state index in [0.29, 0.717) is 17.7 Å². The number of anilines is 1. The highest BCUT2D eigenvalue weighted by Crippen LogP contribution is 2.19. The Kier molecular flexibility index (Phi) is 3.94. The van der Waals surface area contributed by atoms with Crippen molar-refractivity contribution in [3.8, 4) is 0 Å². The van der Waals surface area contributed by atoms with E-state index in [2.05, 4.69) is 10.2 Å². The molecule has 0 saturated heterocycles. The van der Waals surface area contributed by atoms with Gasteiger partial charge in [-0.05, 0) is 39.0 Å². The van der Waals surface area contributed by atoms with E-state index >= 15 is 0 Å². The molecule has 6 nitrogen and oxygen atoms in total. The van der Waals surface area contributed by atoms with Gasteiger partial charge in [0, 0.05) is 11.1 Å². The summed E-state index contributed by atoms with van der Waals surface area (Å²) >= 11 is 0. The molecule has 0 aliphatic rings. The number of aromatic nitrogens is 2. The molecule has 2 rings (SSSR count). The zero-order valence-corrected chi connectivity index (χ0v) is 11.9. The number of aromatic amines is 1. The van der Waals surface area contributed by atoms with Crippen LogP contribution in [-0.4, -0.2) is 35.0 Å². The van der Waals surface area contributed by atoms with Gasteiger partial charge in [0.1, 0.15) is 6.61 Å². The van der Waals surface area contributed by atoms with Crippen LogP contribution < -0.4 is 5.73 Å². The summed E-state index contributed by atoms with van der Waals surface area (Å²) in [7, 11) is 0. The number of hydrogen-bond donors (Lipinski definition) is 2. The Morgan fingerprint density at radius 3 is 2.80 bits per heavy atom. The molecule has 0 saturated carbocycles. The Balaban J connectivity index is 1.99. The summed E-state index contributed by atoms with van der Waals surface area (Å²) in [4.78, 5) is 12.0. The lowest BCUT2D eigenvalue weighted by atomic mass is 10.2. The number of rotatable bonds is 4. The van der Waals surface area contributed by atoms with Crippen LogP contribution in [0.3, 0.4) is 0 Å². The first kappa shape index (κ1) is 14.3. The zero-order valence-electron chi connectivity index (χ0n) is 11.9. The number of hydrogen-bond acceptors (Lipinski definition) is 5. The SMILES string of the molecule is CC(C)(C)OCCOC(=O)c1n[nH]c2ccc(N)cc12. The van der Waals surface area contributed by atoms with E-state index in [-0.39, 0.29) is 17.9 Å². The Bertz CT molecular complexity index is 614. The molecule has 6 heteroatoms. The van der Waals surface area contributed by atoms with Gasteiger partial charge in [0.25, 0.3) is 0 Å². The number of benzene rings is 1. The van der Waals surface area contributed by atoms with Gasteiger partial charge < -0.3 is 15.2 Å². The molecule has 20 heavy (non-hydrogen) atoms. The quantitative estimate of drug-likeness (QED) is 0.507. The molecule has 0 amide bonds. The molecule has 1 aromatic heterocycles. The Morgan fingerprint density at radius 1 is 1.35 bits per heavy atom. The fourth-order valence-corrected chi connectivity index (χ4v) is 1.74. The van der Waals surface area contributed by atoms with Crippen LogP contribution in [0.15, 0.2) is 18.2 Å². The molecule has 0 atom stereocenters. The normalized spacial score (nSPS) is 11.8. The van der Waals surface area contributed by atoms with Crippen molar-refractivity contribution in [2.45, 2.75) is 26.4 Å². The number of nitrogens with zero attached hydrogens (tertiary/aromatic N) is 1. The van der Waals surface area contributed by atoms with Crippen LogP contribution in [0, 0.1) is 0 Å². The monoisotopic (exact) mass is 277 g/mol. The van der Waals surface area contributed by atoms with E-state index in [1.165, 1.54) is 0 Å². The second-order valence-corrected chi connectivity index (χ2v) is 5.47. The van der Waals surface area contributed by atoms with E-state index in [9.17, 15) is 4.79 Å². The summed E-state index contributed by atoms with van der Waals surface area (Å²) in [5, 5.41) is 7.40. The van der Waals surface area contributed by atoms with E-state index in [1.807, 2.05) is 20.8 Å². The fourth-order valence-electron chi connectivity index (χ4n) is 1.74. The van der Waals surface area contributed by atoms with Crippen molar-refractivity contribution in [1.82, 2.24) is 10.2 Å². The van der Waals surface area contributed by atoms with Gasteiger partial charge in [-0.1, -0.05) is 0 Å². The highest BCUT2D eigenvalue weighted by atomic mass is 16.6. The predicted molar refractivity (Wildman–Crippen MR) is 76.5 cm³/mol. The number of carbonyl (C=O) groups is 1. The summed E-state index contributed by atoms with van der Waals surface area (Å²) in [6.45, 7) is 6.36. The molecule has 3 N–H and O–H groups in total. The second-order valence-electron chi connectivity index (χ2n) is 5.47. The number of nitrogens with one attached hydrogen (secondary N) is 1. The number of esters is 1. The summed E-state index contributed by atoms with van der Waals surface area (Å²) in [5.74, 6) is -0.487. The Hall–Kier alpha value is -2.08. The number of ether oxygens (including phenoxy) is 2. The lowest BCUT2D eigenvalue weighted by Crippen LogP contribution is -2.22. The van der Waals surface area contributed by atoms with Gasteiger partial charge in [-0.15, -0.1) is 0 Å². The third kappa shape index (κ3) is 3.48. The molecule has 108 valence electrons. The van der Waals surface area contributed by atoms with Crippen LogP contribution in [0.25, 0.3) is 10.9 Å². The average Bonchev–Trinajstić information content (AvgIpc) is 2.76. The van der Waals surface area contributed by atoms with E-state index in [0.717, 1.165) is 5.52 Å². The van der Waals surface area contributed by atoms with Gasteiger partial charge in [0.15, 0.2) is 5.69 Å².